The van der Waals surface area contributed by atoms with Gasteiger partial charge in [-0.05, 0) is 30.5 Å². The normalized spacial score (nSPS) is 13.5. The van der Waals surface area contributed by atoms with E-state index in [4.69, 9.17) is 0 Å². The lowest BCUT2D eigenvalue weighted by Crippen LogP contribution is -2.35. The second-order valence-electron chi connectivity index (χ2n) is 6.29. The first-order valence-electron chi connectivity index (χ1n) is 8.41. The Labute approximate surface area is 154 Å². The number of carbonyl (C=O) groups is 1. The molecule has 26 heavy (non-hydrogen) atoms. The van der Waals surface area contributed by atoms with Crippen LogP contribution in [0, 0.1) is 18.7 Å². The van der Waals surface area contributed by atoms with Gasteiger partial charge in [0.05, 0.1) is 5.39 Å². The van der Waals surface area contributed by atoms with E-state index in [1.807, 2.05) is 20.8 Å². The molecular weight excluding hydrogens is 353 g/mol. The lowest BCUT2D eigenvalue weighted by molar-refractivity contribution is -0.139. The van der Waals surface area contributed by atoms with Gasteiger partial charge in [0.15, 0.2) is 0 Å². The van der Waals surface area contributed by atoms with Crippen LogP contribution in [0.4, 0.5) is 10.2 Å². The number of rotatable bonds is 6. The molecule has 3 rings (SSSR count). The van der Waals surface area contributed by atoms with Crippen LogP contribution in [-0.2, 0) is 4.79 Å². The van der Waals surface area contributed by atoms with Crippen molar-refractivity contribution in [2.75, 3.05) is 5.32 Å². The predicted molar refractivity (Wildman–Crippen MR) is 102 cm³/mol. The molecule has 0 bridgehead atoms. The minimum absolute atomic E-state index is 0.0634. The van der Waals surface area contributed by atoms with Crippen molar-refractivity contribution < 1.29 is 14.3 Å². The van der Waals surface area contributed by atoms with E-state index in [-0.39, 0.29) is 11.7 Å². The van der Waals surface area contributed by atoms with Crippen LogP contribution in [-0.4, -0.2) is 27.1 Å². The Morgan fingerprint density at radius 1 is 1.31 bits per heavy atom. The van der Waals surface area contributed by atoms with Crippen LogP contribution >= 0.6 is 11.3 Å². The zero-order valence-corrected chi connectivity index (χ0v) is 15.6. The van der Waals surface area contributed by atoms with Gasteiger partial charge in [-0.3, -0.25) is 0 Å². The monoisotopic (exact) mass is 373 g/mol. The molecule has 0 fully saturated rings. The fraction of sp³-hybridized carbons (Fsp3) is 0.316. The summed E-state index contributed by atoms with van der Waals surface area (Å²) in [5, 5.41) is 13.4. The molecule has 0 aliphatic rings. The van der Waals surface area contributed by atoms with E-state index in [9.17, 15) is 14.3 Å². The Morgan fingerprint density at radius 3 is 2.62 bits per heavy atom. The number of aliphatic carboxylic acids is 1. The average Bonchev–Trinajstić information content (AvgIpc) is 2.96. The van der Waals surface area contributed by atoms with Crippen LogP contribution in [0.5, 0.6) is 0 Å². The standard InChI is InChI=1S/C19H20FN3O2S/c1-4-10(2)16(19(24)25)23-17-15-14(12-5-7-13(20)8-6-12)11(3)26-18(15)22-9-21-17/h5-10,16H,4H2,1-3H3,(H,24,25)(H,21,22,23). The zero-order valence-electron chi connectivity index (χ0n) is 14.8. The molecule has 0 aliphatic carbocycles. The highest BCUT2D eigenvalue weighted by Gasteiger charge is 2.26. The number of fused-ring (bicyclic) bond motifs is 1. The van der Waals surface area contributed by atoms with Gasteiger partial charge in [0, 0.05) is 10.4 Å². The highest BCUT2D eigenvalue weighted by molar-refractivity contribution is 7.19. The molecule has 7 heteroatoms. The average molecular weight is 373 g/mol. The van der Waals surface area contributed by atoms with E-state index in [1.54, 1.807) is 12.1 Å². The van der Waals surface area contributed by atoms with Crippen LogP contribution in [0.3, 0.4) is 0 Å². The number of carboxylic acid groups (broad SMARTS) is 1. The third-order valence-corrected chi connectivity index (χ3v) is 5.58. The van der Waals surface area contributed by atoms with Gasteiger partial charge < -0.3 is 10.4 Å². The summed E-state index contributed by atoms with van der Waals surface area (Å²) in [6, 6.07) is 5.50. The van der Waals surface area contributed by atoms with Gasteiger partial charge in [0.2, 0.25) is 0 Å². The number of nitrogens with one attached hydrogen (secondary N) is 1. The van der Waals surface area contributed by atoms with Gasteiger partial charge >= 0.3 is 5.97 Å². The Balaban J connectivity index is 2.15. The van der Waals surface area contributed by atoms with E-state index in [1.165, 1.54) is 29.8 Å². The summed E-state index contributed by atoms with van der Waals surface area (Å²) in [5.74, 6) is -0.789. The molecule has 2 heterocycles. The number of anilines is 1. The van der Waals surface area contributed by atoms with Crippen LogP contribution in [0.15, 0.2) is 30.6 Å². The number of thiophene rings is 1. The van der Waals surface area contributed by atoms with E-state index in [0.29, 0.717) is 5.82 Å². The minimum atomic E-state index is -0.915. The predicted octanol–water partition coefficient (Wildman–Crippen LogP) is 4.72. The van der Waals surface area contributed by atoms with Crippen LogP contribution < -0.4 is 5.32 Å². The molecule has 2 unspecified atom stereocenters. The van der Waals surface area contributed by atoms with E-state index in [2.05, 4.69) is 15.3 Å². The lowest BCUT2D eigenvalue weighted by Gasteiger charge is -2.21. The third-order valence-electron chi connectivity index (χ3n) is 4.57. The maximum absolute atomic E-state index is 13.3. The molecule has 0 saturated carbocycles. The molecule has 136 valence electrons. The summed E-state index contributed by atoms with van der Waals surface area (Å²) >= 11 is 1.51. The second kappa shape index (κ2) is 7.37. The molecule has 2 atom stereocenters. The lowest BCUT2D eigenvalue weighted by atomic mass is 9.98. The van der Waals surface area contributed by atoms with E-state index < -0.39 is 12.0 Å². The molecule has 0 amide bonds. The summed E-state index contributed by atoms with van der Waals surface area (Å²) in [4.78, 5) is 22.1. The van der Waals surface area contributed by atoms with Gasteiger partial charge in [0.1, 0.15) is 28.8 Å². The largest absolute Gasteiger partial charge is 0.480 e. The maximum Gasteiger partial charge on any atom is 0.326 e. The molecule has 0 aliphatic heterocycles. The molecule has 1 aromatic carbocycles. The maximum atomic E-state index is 13.3. The van der Waals surface area contributed by atoms with Crippen molar-refractivity contribution in [3.63, 3.8) is 0 Å². The van der Waals surface area contributed by atoms with Gasteiger partial charge in [-0.15, -0.1) is 11.3 Å². The quantitative estimate of drug-likeness (QED) is 0.654. The summed E-state index contributed by atoms with van der Waals surface area (Å²) in [6.45, 7) is 5.82. The van der Waals surface area contributed by atoms with Gasteiger partial charge in [0.25, 0.3) is 0 Å². The number of carboxylic acids is 1. The fourth-order valence-electron chi connectivity index (χ4n) is 2.95. The molecule has 2 N–H and O–H groups in total. The van der Waals surface area contributed by atoms with Crippen molar-refractivity contribution in [3.05, 3.63) is 41.3 Å². The van der Waals surface area contributed by atoms with Crippen molar-refractivity contribution in [1.82, 2.24) is 9.97 Å². The van der Waals surface area contributed by atoms with E-state index in [0.717, 1.165) is 32.6 Å². The SMILES string of the molecule is CCC(C)C(Nc1ncnc2sc(C)c(-c3ccc(F)cc3)c12)C(=O)O. The third kappa shape index (κ3) is 3.39. The van der Waals surface area contributed by atoms with Crippen molar-refractivity contribution >= 4 is 33.3 Å². The number of aryl methyl sites for hydroxylation is 1. The smallest absolute Gasteiger partial charge is 0.326 e. The molecule has 0 spiro atoms. The van der Waals surface area contributed by atoms with Crippen LogP contribution in [0.25, 0.3) is 21.3 Å². The van der Waals surface area contributed by atoms with Gasteiger partial charge in [-0.25, -0.2) is 19.2 Å². The number of hydrogen-bond donors (Lipinski definition) is 2. The first-order chi connectivity index (χ1) is 12.4. The summed E-state index contributed by atoms with van der Waals surface area (Å²) in [5.41, 5.74) is 1.75. The van der Waals surface area contributed by atoms with Crippen molar-refractivity contribution in [2.24, 2.45) is 5.92 Å². The Kier molecular flexibility index (Phi) is 5.18. The first-order valence-corrected chi connectivity index (χ1v) is 9.23. The van der Waals surface area contributed by atoms with Crippen molar-refractivity contribution in [1.29, 1.82) is 0 Å². The summed E-state index contributed by atoms with van der Waals surface area (Å²) in [7, 11) is 0. The molecule has 3 aromatic rings. The fourth-order valence-corrected chi connectivity index (χ4v) is 3.96. The van der Waals surface area contributed by atoms with Gasteiger partial charge in [-0.2, -0.15) is 0 Å². The first kappa shape index (κ1) is 18.3. The minimum Gasteiger partial charge on any atom is -0.480 e. The number of nitrogens with zero attached hydrogens (tertiary/aromatic N) is 2. The van der Waals surface area contributed by atoms with Crippen LogP contribution in [0.2, 0.25) is 0 Å². The highest BCUT2D eigenvalue weighted by atomic mass is 32.1. The Morgan fingerprint density at radius 2 is 2.00 bits per heavy atom. The second-order valence-corrected chi connectivity index (χ2v) is 7.49. The number of hydrogen-bond acceptors (Lipinski definition) is 5. The Hall–Kier alpha value is -2.54. The summed E-state index contributed by atoms with van der Waals surface area (Å²) < 4.78 is 13.3. The van der Waals surface area contributed by atoms with Gasteiger partial charge in [-0.1, -0.05) is 32.4 Å². The molecule has 0 radical (unpaired) electrons. The highest BCUT2D eigenvalue weighted by Crippen LogP contribution is 2.40. The number of benzene rings is 1. The molecule has 5 nitrogen and oxygen atoms in total. The number of halogens is 1. The molecular formula is C19H20FN3O2S. The zero-order chi connectivity index (χ0) is 18.8. The summed E-state index contributed by atoms with van der Waals surface area (Å²) in [6.07, 6.45) is 2.16. The Bertz CT molecular complexity index is 940. The molecule has 2 aromatic heterocycles. The van der Waals surface area contributed by atoms with E-state index >= 15 is 0 Å². The number of aromatic nitrogens is 2. The van der Waals surface area contributed by atoms with Crippen molar-refractivity contribution in [2.45, 2.75) is 33.2 Å². The molecule has 0 saturated heterocycles. The van der Waals surface area contributed by atoms with Crippen LogP contribution in [0.1, 0.15) is 25.1 Å². The van der Waals surface area contributed by atoms with Crippen molar-refractivity contribution in [3.8, 4) is 11.1 Å². The topological polar surface area (TPSA) is 75.1 Å².